The molecule has 1 aliphatic carbocycles. The van der Waals surface area contributed by atoms with Crippen molar-refractivity contribution in [1.82, 2.24) is 14.6 Å². The first-order chi connectivity index (χ1) is 34.9. The molecular formula is C50H95N3O11S11. The first-order valence-corrected chi connectivity index (χ1v) is 41.4. The smallest absolute Gasteiger partial charge is 0.144 e. The average molecular weight is 1270 g/mol. The lowest BCUT2D eigenvalue weighted by Gasteiger charge is -2.22. The van der Waals surface area contributed by atoms with E-state index in [1.54, 1.807) is 87.1 Å². The molecule has 1 N–H and O–H groups in total. The van der Waals surface area contributed by atoms with E-state index in [2.05, 4.69) is 10.3 Å². The van der Waals surface area contributed by atoms with Crippen LogP contribution < -0.4 is 5.32 Å². The standard InChI is InChI=1S/C7H14OS.C7H8OS.C6H7NOS.C6H13NOS.C5H11NO2S.C5H6OS2.C5H12OS.C4H10OS.C3H8OS.C2H6OS/c2*1-9(8)7-5-3-2-4-6-7;1-9(8)6-3-2-4-7-5-6;1-9(8)7-5-3-2-4-6-7;1-9(7)5-4-6-2-3-8-5;1-8(6)5-3-2-4-7-5;1-5(2,3)7(4)6;1-4(2)6(3)5;1-3-5(2)4;1-4(2)3/h7H,2-6H2,1H3;2-6H,1H3;2-5H,1H3;2-6H2,1H3;5-6H,2-4H2,1H3;2-4H,1H3;1-4H3;4H,1-3H3;3H2,1-2H3;1-2H3. The highest BCUT2D eigenvalue weighted by Crippen LogP contribution is 2.21. The molecule has 4 heterocycles. The van der Waals surface area contributed by atoms with Crippen LogP contribution in [0.25, 0.3) is 0 Å². The van der Waals surface area contributed by atoms with Crippen LogP contribution in [0.3, 0.4) is 0 Å². The van der Waals surface area contributed by atoms with E-state index in [1.165, 1.54) is 62.7 Å². The molecule has 2 aliphatic heterocycles. The highest BCUT2D eigenvalue weighted by molar-refractivity contribution is 7.87. The molecule has 3 fully saturated rings. The van der Waals surface area contributed by atoms with Gasteiger partial charge in [-0.2, -0.15) is 0 Å². The van der Waals surface area contributed by atoms with Gasteiger partial charge in [-0.1, -0.05) is 70.7 Å². The third kappa shape index (κ3) is 55.2. The van der Waals surface area contributed by atoms with E-state index in [0.717, 1.165) is 45.9 Å². The summed E-state index contributed by atoms with van der Waals surface area (Å²) in [4.78, 5) is 5.47. The molecule has 3 aromatic rings. The SMILES string of the molecule is CC(C)S(C)=O.CCS(C)=O.CS(=O)C(C)(C)C.CS(=O)C1CCCCC1.CS(=O)C1CNCCO1.CS(=O)N1CCCCC1.CS(=O)c1ccccc1.CS(=O)c1cccnc1.CS(=O)c1cccs1.CS(C)=O. The predicted molar refractivity (Wildman–Crippen MR) is 337 cm³/mol. The van der Waals surface area contributed by atoms with Crippen LogP contribution in [0.1, 0.15) is 92.9 Å². The zero-order valence-corrected chi connectivity index (χ0v) is 56.9. The summed E-state index contributed by atoms with van der Waals surface area (Å²) >= 11 is 1.53. The van der Waals surface area contributed by atoms with Crippen molar-refractivity contribution in [1.29, 1.82) is 0 Å². The van der Waals surface area contributed by atoms with Crippen molar-refractivity contribution in [2.45, 2.75) is 128 Å². The second-order valence-electron chi connectivity index (χ2n) is 17.7. The lowest BCUT2D eigenvalue weighted by Crippen LogP contribution is -2.40. The summed E-state index contributed by atoms with van der Waals surface area (Å²) in [5.74, 6) is 0.778. The number of benzene rings is 1. The minimum Gasteiger partial charge on any atom is -0.362 e. The number of nitrogens with one attached hydrogen (secondary N) is 1. The van der Waals surface area contributed by atoms with Gasteiger partial charge in [0, 0.05) is 209 Å². The van der Waals surface area contributed by atoms with E-state index in [0.29, 0.717) is 17.1 Å². The number of nitrogens with zero attached hydrogens (tertiary/aromatic N) is 2. The van der Waals surface area contributed by atoms with Crippen LogP contribution in [-0.2, 0) is 113 Å². The fourth-order valence-electron chi connectivity index (χ4n) is 4.83. The van der Waals surface area contributed by atoms with E-state index in [9.17, 15) is 42.1 Å². The number of ether oxygens (including phenoxy) is 1. The van der Waals surface area contributed by atoms with Crippen LogP contribution in [0.2, 0.25) is 0 Å². The molecule has 14 nitrogen and oxygen atoms in total. The van der Waals surface area contributed by atoms with Crippen molar-refractivity contribution in [2.75, 3.05) is 107 Å². The van der Waals surface area contributed by atoms with Gasteiger partial charge in [0.05, 0.1) is 48.3 Å². The zero-order chi connectivity index (χ0) is 58.5. The Kier molecular flexibility index (Phi) is 55.7. The van der Waals surface area contributed by atoms with Crippen LogP contribution in [0, 0.1) is 0 Å². The van der Waals surface area contributed by atoms with Crippen molar-refractivity contribution in [3.05, 3.63) is 72.4 Å². The number of hydrogen-bond donors (Lipinski definition) is 1. The second kappa shape index (κ2) is 51.6. The predicted octanol–water partition coefficient (Wildman–Crippen LogP) is 7.82. The number of aromatic nitrogens is 1. The van der Waals surface area contributed by atoms with E-state index < -0.39 is 108 Å². The normalized spacial score (nSPS) is 18.8. The summed E-state index contributed by atoms with van der Waals surface area (Å²) in [6, 6.07) is 16.7. The van der Waals surface area contributed by atoms with Gasteiger partial charge in [0.2, 0.25) is 0 Å². The second-order valence-corrected chi connectivity index (χ2v) is 34.8. The van der Waals surface area contributed by atoms with Crippen molar-refractivity contribution < 1.29 is 46.8 Å². The van der Waals surface area contributed by atoms with Gasteiger partial charge in [-0.3, -0.25) is 42.9 Å². The molecule has 6 rings (SSSR count). The molecule has 2 saturated heterocycles. The van der Waals surface area contributed by atoms with E-state index in [1.807, 2.05) is 99.9 Å². The maximum absolute atomic E-state index is 10.9. The lowest BCUT2D eigenvalue weighted by molar-refractivity contribution is 0.0822. The van der Waals surface area contributed by atoms with Gasteiger partial charge in [-0.05, 0) is 82.2 Å². The molecule has 25 heteroatoms. The molecule has 442 valence electrons. The maximum Gasteiger partial charge on any atom is 0.144 e. The maximum atomic E-state index is 10.9. The summed E-state index contributed by atoms with van der Waals surface area (Å²) < 4.78 is 113. The number of rotatable bonds is 8. The van der Waals surface area contributed by atoms with Gasteiger partial charge in [-0.25, -0.2) is 8.51 Å². The number of morpholine rings is 1. The molecule has 1 saturated carbocycles. The van der Waals surface area contributed by atoms with Crippen molar-refractivity contribution in [3.63, 3.8) is 0 Å². The molecule has 75 heavy (non-hydrogen) atoms. The minimum absolute atomic E-state index is 0.0278. The summed E-state index contributed by atoms with van der Waals surface area (Å²) in [6.07, 6.45) is 32.0. The Morgan fingerprint density at radius 2 is 1.13 bits per heavy atom. The number of thiophene rings is 1. The zero-order valence-electron chi connectivity index (χ0n) is 47.9. The summed E-state index contributed by atoms with van der Waals surface area (Å²) in [7, 11) is -7.09. The molecule has 0 radical (unpaired) electrons. The molecule has 1 aromatic carbocycles. The van der Waals surface area contributed by atoms with E-state index in [-0.39, 0.29) is 10.2 Å². The molecular weight excluding hydrogens is 1170 g/mol. The monoisotopic (exact) mass is 1270 g/mol. The molecule has 10 atom stereocenters. The van der Waals surface area contributed by atoms with Crippen molar-refractivity contribution in [2.24, 2.45) is 0 Å². The van der Waals surface area contributed by atoms with Gasteiger partial charge in [0.15, 0.2) is 0 Å². The summed E-state index contributed by atoms with van der Waals surface area (Å²) in [5.41, 5.74) is -0.0845. The highest BCUT2D eigenvalue weighted by atomic mass is 32.2. The quantitative estimate of drug-likeness (QED) is 0.229. The first-order valence-electron chi connectivity index (χ1n) is 24.2. The molecule has 2 aromatic heterocycles. The number of pyridine rings is 1. The Labute approximate surface area is 484 Å². The lowest BCUT2D eigenvalue weighted by atomic mass is 10.0. The Morgan fingerprint density at radius 3 is 1.36 bits per heavy atom. The van der Waals surface area contributed by atoms with Gasteiger partial charge < -0.3 is 10.1 Å². The third-order valence-electron chi connectivity index (χ3n) is 9.72. The van der Waals surface area contributed by atoms with Crippen LogP contribution in [-0.4, -0.2) is 179 Å². The number of piperidine rings is 1. The Balaban J connectivity index is -0.000000377. The fourth-order valence-corrected chi connectivity index (χ4v) is 9.69. The largest absolute Gasteiger partial charge is 0.362 e. The molecule has 0 amide bonds. The van der Waals surface area contributed by atoms with Crippen molar-refractivity contribution in [3.8, 4) is 0 Å². The van der Waals surface area contributed by atoms with Crippen LogP contribution in [0.5, 0.6) is 0 Å². The summed E-state index contributed by atoms with van der Waals surface area (Å²) in [5, 5.41) is 5.88. The van der Waals surface area contributed by atoms with Gasteiger partial charge in [-0.15, -0.1) is 11.3 Å². The topological polar surface area (TPSA) is 208 Å². The first kappa shape index (κ1) is 80.9. The van der Waals surface area contributed by atoms with Crippen molar-refractivity contribution >= 4 is 120 Å². The Hall–Kier alpha value is -0.550. The molecule has 0 bridgehead atoms. The van der Waals surface area contributed by atoms with E-state index in [4.69, 9.17) is 4.74 Å². The molecule has 10 unspecified atom stereocenters. The van der Waals surface area contributed by atoms with Gasteiger partial charge in [0.1, 0.15) is 5.44 Å². The van der Waals surface area contributed by atoms with Crippen LogP contribution >= 0.6 is 11.3 Å². The Morgan fingerprint density at radius 1 is 0.667 bits per heavy atom. The molecule has 0 spiro atoms. The van der Waals surface area contributed by atoms with E-state index >= 15 is 0 Å². The van der Waals surface area contributed by atoms with Gasteiger partial charge >= 0.3 is 0 Å². The average Bonchev–Trinajstić information content (AvgIpc) is 3.93. The summed E-state index contributed by atoms with van der Waals surface area (Å²) in [6.45, 7) is 16.0. The van der Waals surface area contributed by atoms with Crippen LogP contribution in [0.15, 0.2) is 86.4 Å². The number of hydrogen-bond acceptors (Lipinski definition) is 14. The van der Waals surface area contributed by atoms with Gasteiger partial charge in [0.25, 0.3) is 0 Å². The Bertz CT molecular complexity index is 1960. The van der Waals surface area contributed by atoms with Crippen LogP contribution in [0.4, 0.5) is 0 Å². The fraction of sp³-hybridized carbons (Fsp3) is 0.700. The minimum atomic E-state index is -0.891. The molecule has 3 aliphatic rings. The third-order valence-corrected chi connectivity index (χ3v) is 21.3. The highest BCUT2D eigenvalue weighted by Gasteiger charge is 2.17.